The van der Waals surface area contributed by atoms with Crippen LogP contribution in [0.4, 0.5) is 4.39 Å². The van der Waals surface area contributed by atoms with Crippen LogP contribution in [0, 0.1) is 17.8 Å². The second-order valence-electron chi connectivity index (χ2n) is 5.83. The fourth-order valence-corrected chi connectivity index (χ4v) is 3.68. The topological polar surface area (TPSA) is 20.2 Å². The van der Waals surface area contributed by atoms with Crippen molar-refractivity contribution in [2.24, 2.45) is 17.8 Å². The highest BCUT2D eigenvalue weighted by Crippen LogP contribution is 2.40. The van der Waals surface area contributed by atoms with Crippen LogP contribution in [-0.4, -0.2) is 17.9 Å². The van der Waals surface area contributed by atoms with Gasteiger partial charge in [-0.2, -0.15) is 0 Å². The maximum absolute atomic E-state index is 12.2. The summed E-state index contributed by atoms with van der Waals surface area (Å²) in [4.78, 5) is 0. The smallest absolute Gasteiger partial charge is 0.0897 e. The van der Waals surface area contributed by atoms with Gasteiger partial charge in [0.1, 0.15) is 0 Å². The van der Waals surface area contributed by atoms with Crippen LogP contribution in [0.1, 0.15) is 57.8 Å². The van der Waals surface area contributed by atoms with Crippen LogP contribution in [0.25, 0.3) is 0 Å². The molecule has 2 fully saturated rings. The molecular weight excluding hydrogens is 203 g/mol. The van der Waals surface area contributed by atoms with Crippen LogP contribution in [0.2, 0.25) is 0 Å². The van der Waals surface area contributed by atoms with Crippen molar-refractivity contribution in [3.63, 3.8) is 0 Å². The fourth-order valence-electron chi connectivity index (χ4n) is 3.68. The van der Waals surface area contributed by atoms with Crippen molar-refractivity contribution in [3.8, 4) is 0 Å². The molecule has 2 aliphatic carbocycles. The third kappa shape index (κ3) is 3.19. The summed E-state index contributed by atoms with van der Waals surface area (Å²) in [6.45, 7) is -0.134. The summed E-state index contributed by atoms with van der Waals surface area (Å²) in [5.41, 5.74) is 0. The molecule has 94 valence electrons. The summed E-state index contributed by atoms with van der Waals surface area (Å²) >= 11 is 0. The van der Waals surface area contributed by atoms with E-state index in [1.165, 1.54) is 38.5 Å². The molecule has 0 saturated heterocycles. The van der Waals surface area contributed by atoms with Crippen LogP contribution >= 0.6 is 0 Å². The number of halogens is 1. The van der Waals surface area contributed by atoms with Gasteiger partial charge in [-0.1, -0.05) is 12.8 Å². The molecule has 0 aliphatic heterocycles. The molecule has 16 heavy (non-hydrogen) atoms. The third-order valence-electron chi connectivity index (χ3n) is 4.82. The Balaban J connectivity index is 1.72. The zero-order valence-electron chi connectivity index (χ0n) is 10.2. The lowest BCUT2D eigenvalue weighted by molar-refractivity contribution is 0.0759. The highest BCUT2D eigenvalue weighted by atomic mass is 19.1. The Hall–Kier alpha value is -0.110. The number of alkyl halides is 1. The quantitative estimate of drug-likeness (QED) is 0.781. The number of hydrogen-bond acceptors (Lipinski definition) is 1. The van der Waals surface area contributed by atoms with Gasteiger partial charge in [0.25, 0.3) is 0 Å². The van der Waals surface area contributed by atoms with Gasteiger partial charge in [0.05, 0.1) is 12.8 Å². The van der Waals surface area contributed by atoms with Gasteiger partial charge in [0.2, 0.25) is 0 Å². The van der Waals surface area contributed by atoms with Gasteiger partial charge in [-0.3, -0.25) is 4.39 Å². The van der Waals surface area contributed by atoms with Crippen LogP contribution < -0.4 is 0 Å². The summed E-state index contributed by atoms with van der Waals surface area (Å²) in [7, 11) is 0. The van der Waals surface area contributed by atoms with E-state index >= 15 is 0 Å². The first-order chi connectivity index (χ1) is 7.79. The molecule has 0 bridgehead atoms. The molecule has 0 aromatic carbocycles. The van der Waals surface area contributed by atoms with Gasteiger partial charge in [-0.15, -0.1) is 0 Å². The molecule has 2 heteroatoms. The molecular formula is C14H25FO. The van der Waals surface area contributed by atoms with Gasteiger partial charge in [-0.25, -0.2) is 0 Å². The maximum Gasteiger partial charge on any atom is 0.0897 e. The van der Waals surface area contributed by atoms with Crippen molar-refractivity contribution >= 4 is 0 Å². The Morgan fingerprint density at radius 3 is 1.81 bits per heavy atom. The van der Waals surface area contributed by atoms with Crippen LogP contribution in [0.15, 0.2) is 0 Å². The number of aliphatic hydroxyl groups is 1. The zero-order chi connectivity index (χ0) is 11.4. The number of rotatable bonds is 3. The lowest BCUT2D eigenvalue weighted by Gasteiger charge is -2.36. The van der Waals surface area contributed by atoms with E-state index in [2.05, 4.69) is 0 Å². The Bertz CT molecular complexity index is 191. The van der Waals surface area contributed by atoms with Gasteiger partial charge >= 0.3 is 0 Å². The number of hydrogen-bond donors (Lipinski definition) is 1. The fraction of sp³-hybridized carbons (Fsp3) is 1.00. The molecule has 0 radical (unpaired) electrons. The summed E-state index contributed by atoms with van der Waals surface area (Å²) in [5.74, 6) is 2.40. The van der Waals surface area contributed by atoms with E-state index in [-0.39, 0.29) is 12.8 Å². The SMILES string of the molecule is OC1CCC(C2CCC(CCF)CC2)CC1. The lowest BCUT2D eigenvalue weighted by Crippen LogP contribution is -2.27. The molecule has 1 nitrogen and oxygen atoms in total. The lowest BCUT2D eigenvalue weighted by atomic mass is 9.70. The van der Waals surface area contributed by atoms with Crippen molar-refractivity contribution < 1.29 is 9.50 Å². The average molecular weight is 228 g/mol. The van der Waals surface area contributed by atoms with Crippen molar-refractivity contribution in [2.75, 3.05) is 6.67 Å². The normalized spacial score (nSPS) is 40.9. The largest absolute Gasteiger partial charge is 0.393 e. The van der Waals surface area contributed by atoms with Gasteiger partial charge in [0.15, 0.2) is 0 Å². The zero-order valence-corrected chi connectivity index (χ0v) is 10.2. The minimum absolute atomic E-state index is 0.0286. The Morgan fingerprint density at radius 2 is 1.31 bits per heavy atom. The summed E-state index contributed by atoms with van der Waals surface area (Å²) in [5, 5.41) is 9.50. The highest BCUT2D eigenvalue weighted by Gasteiger charge is 2.30. The predicted molar refractivity (Wildman–Crippen MR) is 64.0 cm³/mol. The van der Waals surface area contributed by atoms with Crippen LogP contribution in [-0.2, 0) is 0 Å². The molecule has 2 aliphatic rings. The maximum atomic E-state index is 12.2. The summed E-state index contributed by atoms with van der Waals surface area (Å²) in [6, 6.07) is 0. The van der Waals surface area contributed by atoms with Crippen molar-refractivity contribution in [2.45, 2.75) is 63.9 Å². The van der Waals surface area contributed by atoms with E-state index in [9.17, 15) is 9.50 Å². The standard InChI is InChI=1S/C14H25FO/c15-10-9-11-1-3-12(4-2-11)13-5-7-14(16)8-6-13/h11-14,16H,1-10H2. The van der Waals surface area contributed by atoms with Crippen molar-refractivity contribution in [1.82, 2.24) is 0 Å². The second kappa shape index (κ2) is 6.00. The Morgan fingerprint density at radius 1 is 0.812 bits per heavy atom. The van der Waals surface area contributed by atoms with E-state index in [0.717, 1.165) is 31.1 Å². The molecule has 0 heterocycles. The van der Waals surface area contributed by atoms with Gasteiger partial charge in [-0.05, 0) is 62.7 Å². The minimum Gasteiger partial charge on any atom is -0.393 e. The van der Waals surface area contributed by atoms with Crippen LogP contribution in [0.3, 0.4) is 0 Å². The third-order valence-corrected chi connectivity index (χ3v) is 4.82. The molecule has 0 aromatic heterocycles. The first-order valence-corrected chi connectivity index (χ1v) is 7.03. The molecule has 0 amide bonds. The molecule has 0 aromatic rings. The summed E-state index contributed by atoms with van der Waals surface area (Å²) in [6.07, 6.45) is 10.3. The van der Waals surface area contributed by atoms with E-state index in [1.54, 1.807) is 0 Å². The number of aliphatic hydroxyl groups excluding tert-OH is 1. The van der Waals surface area contributed by atoms with Gasteiger partial charge in [0, 0.05) is 0 Å². The van der Waals surface area contributed by atoms with E-state index in [1.807, 2.05) is 0 Å². The first-order valence-electron chi connectivity index (χ1n) is 7.03. The molecule has 2 saturated carbocycles. The average Bonchev–Trinajstić information content (AvgIpc) is 2.32. The molecule has 1 N–H and O–H groups in total. The molecule has 0 atom stereocenters. The Labute approximate surface area is 98.4 Å². The minimum atomic E-state index is -0.134. The summed E-state index contributed by atoms with van der Waals surface area (Å²) < 4.78 is 12.2. The van der Waals surface area contributed by atoms with E-state index in [4.69, 9.17) is 0 Å². The van der Waals surface area contributed by atoms with E-state index in [0.29, 0.717) is 5.92 Å². The molecule has 0 unspecified atom stereocenters. The van der Waals surface area contributed by atoms with Gasteiger partial charge < -0.3 is 5.11 Å². The van der Waals surface area contributed by atoms with Crippen LogP contribution in [0.5, 0.6) is 0 Å². The second-order valence-corrected chi connectivity index (χ2v) is 5.83. The van der Waals surface area contributed by atoms with Crippen molar-refractivity contribution in [1.29, 1.82) is 0 Å². The first kappa shape index (κ1) is 12.3. The Kier molecular flexibility index (Phi) is 4.63. The monoisotopic (exact) mass is 228 g/mol. The predicted octanol–water partition coefficient (Wildman–Crippen LogP) is 3.70. The molecule has 2 rings (SSSR count). The van der Waals surface area contributed by atoms with Crippen molar-refractivity contribution in [3.05, 3.63) is 0 Å². The highest BCUT2D eigenvalue weighted by molar-refractivity contribution is 4.81. The molecule has 0 spiro atoms. The van der Waals surface area contributed by atoms with E-state index < -0.39 is 0 Å².